The molecule has 0 spiro atoms. The molecule has 0 aliphatic heterocycles. The van der Waals surface area contributed by atoms with Crippen molar-refractivity contribution in [3.05, 3.63) is 22.8 Å². The maximum Gasteiger partial charge on any atom is 0.0950 e. The van der Waals surface area contributed by atoms with E-state index in [0.29, 0.717) is 5.92 Å². The molecular formula is C21H33N. The first-order chi connectivity index (χ1) is 10.6. The molecule has 1 heteroatoms. The second kappa shape index (κ2) is 8.56. The molecule has 1 nitrogen and oxygen atoms in total. The summed E-state index contributed by atoms with van der Waals surface area (Å²) in [6.07, 6.45) is 14.9. The number of rotatable bonds is 2. The van der Waals surface area contributed by atoms with Crippen LogP contribution in [0.4, 0.5) is 0 Å². The molecule has 2 atom stereocenters. The summed E-state index contributed by atoms with van der Waals surface area (Å²) in [6, 6.07) is 2.57. The molecule has 22 heavy (non-hydrogen) atoms. The van der Waals surface area contributed by atoms with Crippen LogP contribution in [-0.4, -0.2) is 0 Å². The topological polar surface area (TPSA) is 23.8 Å². The molecule has 0 aromatic rings. The zero-order valence-corrected chi connectivity index (χ0v) is 14.8. The van der Waals surface area contributed by atoms with Gasteiger partial charge in [0.1, 0.15) is 0 Å². The van der Waals surface area contributed by atoms with Crippen LogP contribution in [0.1, 0.15) is 85.0 Å². The normalized spacial score (nSPS) is 33.9. The van der Waals surface area contributed by atoms with Crippen molar-refractivity contribution < 1.29 is 0 Å². The van der Waals surface area contributed by atoms with Crippen molar-refractivity contribution in [3.63, 3.8) is 0 Å². The van der Waals surface area contributed by atoms with E-state index < -0.39 is 0 Å². The Bertz CT molecular complexity index is 461. The van der Waals surface area contributed by atoms with Gasteiger partial charge in [-0.1, -0.05) is 39.7 Å². The Hall–Kier alpha value is -1.03. The standard InChI is InChI=1S/C21H33N/c1-16(2)20-13-17(3)11-12-19(15-22)21(14-20)18-9-7-5-4-6-8-10-18/h9,16-17,20H,4-8,10-14H2,1-3H3/b18-9-,21-19-. The predicted molar refractivity (Wildman–Crippen MR) is 94.4 cm³/mol. The van der Waals surface area contributed by atoms with Gasteiger partial charge >= 0.3 is 0 Å². The molecule has 0 saturated carbocycles. The maximum atomic E-state index is 9.71. The van der Waals surface area contributed by atoms with Gasteiger partial charge in [0, 0.05) is 5.57 Å². The van der Waals surface area contributed by atoms with E-state index in [1.54, 1.807) is 0 Å². The highest BCUT2D eigenvalue weighted by Crippen LogP contribution is 2.38. The summed E-state index contributed by atoms with van der Waals surface area (Å²) in [5.41, 5.74) is 4.07. The average molecular weight is 300 g/mol. The van der Waals surface area contributed by atoms with E-state index in [0.717, 1.165) is 30.3 Å². The number of allylic oxidation sites excluding steroid dienone is 4. The second-order valence-electron chi connectivity index (χ2n) is 7.84. The molecule has 0 aromatic carbocycles. The minimum absolute atomic E-state index is 0.713. The zero-order valence-electron chi connectivity index (χ0n) is 14.8. The molecule has 0 fully saturated rings. The van der Waals surface area contributed by atoms with Crippen LogP contribution >= 0.6 is 0 Å². The summed E-state index contributed by atoms with van der Waals surface area (Å²) in [4.78, 5) is 0. The predicted octanol–water partition coefficient (Wildman–Crippen LogP) is 6.57. The van der Waals surface area contributed by atoms with Gasteiger partial charge in [-0.15, -0.1) is 0 Å². The lowest BCUT2D eigenvalue weighted by Gasteiger charge is -2.30. The number of nitrogens with zero attached hydrogens (tertiary/aromatic N) is 1. The first-order valence-electron chi connectivity index (χ1n) is 9.43. The zero-order chi connectivity index (χ0) is 15.9. The monoisotopic (exact) mass is 299 g/mol. The highest BCUT2D eigenvalue weighted by molar-refractivity contribution is 5.42. The second-order valence-corrected chi connectivity index (χ2v) is 7.84. The van der Waals surface area contributed by atoms with Gasteiger partial charge in [0.05, 0.1) is 6.07 Å². The van der Waals surface area contributed by atoms with Crippen molar-refractivity contribution in [2.75, 3.05) is 0 Å². The third kappa shape index (κ3) is 4.73. The van der Waals surface area contributed by atoms with Gasteiger partial charge in [-0.05, 0) is 80.3 Å². The van der Waals surface area contributed by atoms with Gasteiger partial charge in [0.15, 0.2) is 0 Å². The SMILES string of the molecule is CC1CC/C(C#N)=C(/C2=C\CCCCCC2)CC(C(C)C)C1. The Morgan fingerprint density at radius 3 is 2.64 bits per heavy atom. The molecular weight excluding hydrogens is 266 g/mol. The summed E-state index contributed by atoms with van der Waals surface area (Å²) < 4.78 is 0. The van der Waals surface area contributed by atoms with Gasteiger partial charge in [0.25, 0.3) is 0 Å². The van der Waals surface area contributed by atoms with Crippen LogP contribution in [0.25, 0.3) is 0 Å². The van der Waals surface area contributed by atoms with E-state index in [1.807, 2.05) is 0 Å². The molecule has 0 radical (unpaired) electrons. The number of hydrogen-bond donors (Lipinski definition) is 0. The van der Waals surface area contributed by atoms with Gasteiger partial charge < -0.3 is 0 Å². The quantitative estimate of drug-likeness (QED) is 0.565. The number of nitriles is 1. The van der Waals surface area contributed by atoms with E-state index in [1.165, 1.54) is 62.5 Å². The van der Waals surface area contributed by atoms with Crippen molar-refractivity contribution in [2.24, 2.45) is 17.8 Å². The minimum atomic E-state index is 0.713. The van der Waals surface area contributed by atoms with Gasteiger partial charge in [0.2, 0.25) is 0 Å². The molecule has 0 heterocycles. The van der Waals surface area contributed by atoms with Crippen LogP contribution in [0.2, 0.25) is 0 Å². The van der Waals surface area contributed by atoms with E-state index >= 15 is 0 Å². The lowest BCUT2D eigenvalue weighted by atomic mass is 9.75. The van der Waals surface area contributed by atoms with Crippen LogP contribution in [-0.2, 0) is 0 Å². The third-order valence-electron chi connectivity index (χ3n) is 5.68. The van der Waals surface area contributed by atoms with E-state index in [2.05, 4.69) is 32.9 Å². The van der Waals surface area contributed by atoms with Crippen molar-refractivity contribution in [3.8, 4) is 6.07 Å². The summed E-state index contributed by atoms with van der Waals surface area (Å²) in [5.74, 6) is 2.20. The Kier molecular flexibility index (Phi) is 6.74. The fourth-order valence-corrected chi connectivity index (χ4v) is 4.07. The largest absolute Gasteiger partial charge is 0.193 e. The van der Waals surface area contributed by atoms with Crippen LogP contribution < -0.4 is 0 Å². The minimum Gasteiger partial charge on any atom is -0.193 e. The molecule has 0 aromatic heterocycles. The van der Waals surface area contributed by atoms with Crippen molar-refractivity contribution >= 4 is 0 Å². The van der Waals surface area contributed by atoms with Crippen molar-refractivity contribution in [2.45, 2.75) is 85.0 Å². The first-order valence-corrected chi connectivity index (χ1v) is 9.43. The van der Waals surface area contributed by atoms with Gasteiger partial charge in [-0.3, -0.25) is 0 Å². The Morgan fingerprint density at radius 1 is 1.14 bits per heavy atom. The highest BCUT2D eigenvalue weighted by atomic mass is 14.3. The molecule has 2 rings (SSSR count). The molecule has 0 bridgehead atoms. The molecule has 2 aliphatic carbocycles. The molecule has 2 unspecified atom stereocenters. The molecule has 2 aliphatic rings. The summed E-state index contributed by atoms with van der Waals surface area (Å²) >= 11 is 0. The summed E-state index contributed by atoms with van der Waals surface area (Å²) in [7, 11) is 0. The lowest BCUT2D eigenvalue weighted by Crippen LogP contribution is -2.18. The molecule has 0 N–H and O–H groups in total. The van der Waals surface area contributed by atoms with Crippen molar-refractivity contribution in [1.82, 2.24) is 0 Å². The smallest absolute Gasteiger partial charge is 0.0950 e. The van der Waals surface area contributed by atoms with E-state index in [-0.39, 0.29) is 0 Å². The molecule has 0 amide bonds. The van der Waals surface area contributed by atoms with Gasteiger partial charge in [-0.2, -0.15) is 5.26 Å². The number of hydrogen-bond acceptors (Lipinski definition) is 1. The van der Waals surface area contributed by atoms with E-state index in [4.69, 9.17) is 0 Å². The van der Waals surface area contributed by atoms with E-state index in [9.17, 15) is 5.26 Å². The van der Waals surface area contributed by atoms with Crippen LogP contribution in [0.5, 0.6) is 0 Å². The molecule has 0 saturated heterocycles. The fraction of sp³-hybridized carbons (Fsp3) is 0.762. The van der Waals surface area contributed by atoms with Gasteiger partial charge in [-0.25, -0.2) is 0 Å². The Balaban J connectivity index is 2.32. The Morgan fingerprint density at radius 2 is 1.91 bits per heavy atom. The summed E-state index contributed by atoms with van der Waals surface area (Å²) in [5, 5.41) is 9.71. The highest BCUT2D eigenvalue weighted by Gasteiger charge is 2.25. The third-order valence-corrected chi connectivity index (χ3v) is 5.68. The van der Waals surface area contributed by atoms with Crippen LogP contribution in [0.15, 0.2) is 22.8 Å². The van der Waals surface area contributed by atoms with Crippen molar-refractivity contribution in [1.29, 1.82) is 5.26 Å². The average Bonchev–Trinajstić information content (AvgIpc) is 2.43. The van der Waals surface area contributed by atoms with Crippen LogP contribution in [0.3, 0.4) is 0 Å². The Labute approximate surface area is 137 Å². The fourth-order valence-electron chi connectivity index (χ4n) is 4.07. The maximum absolute atomic E-state index is 9.71. The summed E-state index contributed by atoms with van der Waals surface area (Å²) in [6.45, 7) is 7.08. The molecule has 122 valence electrons. The lowest BCUT2D eigenvalue weighted by molar-refractivity contribution is 0.290. The first kappa shape index (κ1) is 17.3. The van der Waals surface area contributed by atoms with Crippen LogP contribution in [0, 0.1) is 29.1 Å².